The number of aryl methyl sites for hydroxylation is 1. The molecule has 1 aliphatic heterocycles. The summed E-state index contributed by atoms with van der Waals surface area (Å²) in [7, 11) is 1.84. The minimum absolute atomic E-state index is 0.635. The van der Waals surface area contributed by atoms with Crippen LogP contribution >= 0.6 is 0 Å². The summed E-state index contributed by atoms with van der Waals surface area (Å²) in [6.45, 7) is 11.7. The zero-order valence-electron chi connectivity index (χ0n) is 18.1. The van der Waals surface area contributed by atoms with Crippen LogP contribution in [0.3, 0.4) is 0 Å². The Bertz CT molecular complexity index is 654. The molecular formula is C23H38N4O. The zero-order chi connectivity index (χ0) is 19.9. The van der Waals surface area contributed by atoms with Crippen LogP contribution in [0.15, 0.2) is 23.2 Å². The molecule has 3 rings (SSSR count). The molecular weight excluding hydrogens is 348 g/mol. The van der Waals surface area contributed by atoms with E-state index in [0.29, 0.717) is 12.0 Å². The molecule has 0 bridgehead atoms. The number of aliphatic imine (C=N–C) groups is 1. The highest BCUT2D eigenvalue weighted by atomic mass is 16.5. The van der Waals surface area contributed by atoms with Crippen molar-refractivity contribution in [2.24, 2.45) is 16.8 Å². The number of rotatable bonds is 8. The standard InChI is InChI=1S/C23H38N4O/c1-17(2)27-11-5-6-20(15-27)13-25-23(24-4)26-14-21-10-7-18(3)12-22(21)28-16-19-8-9-19/h7,10,12,17,19-20H,5-6,8-9,11,13-16H2,1-4H3,(H2,24,25,26). The second-order valence-corrected chi connectivity index (χ2v) is 8.77. The number of nitrogens with zero attached hydrogens (tertiary/aromatic N) is 2. The number of piperidine rings is 1. The van der Waals surface area contributed by atoms with Crippen molar-refractivity contribution in [3.05, 3.63) is 29.3 Å². The fourth-order valence-electron chi connectivity index (χ4n) is 3.81. The molecule has 28 heavy (non-hydrogen) atoms. The number of guanidine groups is 1. The first-order valence-corrected chi connectivity index (χ1v) is 11.0. The lowest BCUT2D eigenvalue weighted by atomic mass is 9.97. The van der Waals surface area contributed by atoms with Crippen LogP contribution in [0.5, 0.6) is 5.75 Å². The van der Waals surface area contributed by atoms with Crippen molar-refractivity contribution in [2.45, 2.75) is 59.0 Å². The van der Waals surface area contributed by atoms with Crippen molar-refractivity contribution >= 4 is 5.96 Å². The molecule has 2 fully saturated rings. The first-order chi connectivity index (χ1) is 13.5. The minimum Gasteiger partial charge on any atom is -0.493 e. The average Bonchev–Trinajstić information content (AvgIpc) is 3.52. The third-order valence-corrected chi connectivity index (χ3v) is 5.90. The topological polar surface area (TPSA) is 48.9 Å². The Morgan fingerprint density at radius 3 is 2.75 bits per heavy atom. The van der Waals surface area contributed by atoms with E-state index in [-0.39, 0.29) is 0 Å². The SMILES string of the molecule is CN=C(NCc1ccc(C)cc1OCC1CC1)NCC1CCCN(C(C)C)C1. The van der Waals surface area contributed by atoms with E-state index in [1.165, 1.54) is 49.9 Å². The van der Waals surface area contributed by atoms with Gasteiger partial charge in [0.05, 0.1) is 6.61 Å². The van der Waals surface area contributed by atoms with E-state index in [4.69, 9.17) is 4.74 Å². The molecule has 1 unspecified atom stereocenters. The van der Waals surface area contributed by atoms with Gasteiger partial charge in [0.15, 0.2) is 5.96 Å². The van der Waals surface area contributed by atoms with Crippen LogP contribution in [-0.4, -0.2) is 50.2 Å². The predicted molar refractivity (Wildman–Crippen MR) is 117 cm³/mol. The molecule has 1 saturated heterocycles. The van der Waals surface area contributed by atoms with E-state index < -0.39 is 0 Å². The van der Waals surface area contributed by atoms with Gasteiger partial charge in [0.1, 0.15) is 5.75 Å². The van der Waals surface area contributed by atoms with Crippen molar-refractivity contribution in [1.29, 1.82) is 0 Å². The van der Waals surface area contributed by atoms with Gasteiger partial charge in [-0.05, 0) is 76.5 Å². The summed E-state index contributed by atoms with van der Waals surface area (Å²) in [5.74, 6) is 3.33. The van der Waals surface area contributed by atoms with Gasteiger partial charge < -0.3 is 20.3 Å². The van der Waals surface area contributed by atoms with E-state index in [2.05, 4.69) is 59.5 Å². The molecule has 1 heterocycles. The van der Waals surface area contributed by atoms with Crippen LogP contribution < -0.4 is 15.4 Å². The highest BCUT2D eigenvalue weighted by molar-refractivity contribution is 5.79. The van der Waals surface area contributed by atoms with E-state index in [1.807, 2.05) is 7.05 Å². The third kappa shape index (κ3) is 6.40. The number of hydrogen-bond donors (Lipinski definition) is 2. The van der Waals surface area contributed by atoms with Crippen molar-refractivity contribution in [2.75, 3.05) is 33.3 Å². The average molecular weight is 387 g/mol. The molecule has 1 atom stereocenters. The summed E-state index contributed by atoms with van der Waals surface area (Å²) in [6, 6.07) is 7.10. The summed E-state index contributed by atoms with van der Waals surface area (Å²) in [5, 5.41) is 7.00. The number of benzene rings is 1. The van der Waals surface area contributed by atoms with Gasteiger partial charge in [0, 0.05) is 38.3 Å². The maximum Gasteiger partial charge on any atom is 0.191 e. The van der Waals surface area contributed by atoms with E-state index in [9.17, 15) is 0 Å². The Labute approximate surface area is 170 Å². The largest absolute Gasteiger partial charge is 0.493 e. The molecule has 5 nitrogen and oxygen atoms in total. The van der Waals surface area contributed by atoms with Gasteiger partial charge in [-0.2, -0.15) is 0 Å². The van der Waals surface area contributed by atoms with Gasteiger partial charge in [-0.25, -0.2) is 0 Å². The van der Waals surface area contributed by atoms with E-state index >= 15 is 0 Å². The Kier molecular flexibility index (Phi) is 7.60. The molecule has 1 aromatic rings. The van der Waals surface area contributed by atoms with Crippen molar-refractivity contribution in [3.8, 4) is 5.75 Å². The monoisotopic (exact) mass is 386 g/mol. The maximum absolute atomic E-state index is 6.09. The van der Waals surface area contributed by atoms with Gasteiger partial charge >= 0.3 is 0 Å². The second kappa shape index (κ2) is 10.1. The van der Waals surface area contributed by atoms with Crippen molar-refractivity contribution in [3.63, 3.8) is 0 Å². The summed E-state index contributed by atoms with van der Waals surface area (Å²) in [5.41, 5.74) is 2.43. The lowest BCUT2D eigenvalue weighted by Crippen LogP contribution is -2.46. The Balaban J connectivity index is 1.48. The summed E-state index contributed by atoms with van der Waals surface area (Å²) >= 11 is 0. The van der Waals surface area contributed by atoms with Crippen LogP contribution in [-0.2, 0) is 6.54 Å². The van der Waals surface area contributed by atoms with E-state index in [0.717, 1.165) is 37.3 Å². The molecule has 0 spiro atoms. The Morgan fingerprint density at radius 1 is 1.21 bits per heavy atom. The quantitative estimate of drug-likeness (QED) is 0.530. The molecule has 1 aliphatic carbocycles. The van der Waals surface area contributed by atoms with Crippen LogP contribution in [0.2, 0.25) is 0 Å². The van der Waals surface area contributed by atoms with Gasteiger partial charge in [0.2, 0.25) is 0 Å². The minimum atomic E-state index is 0.635. The summed E-state index contributed by atoms with van der Waals surface area (Å²) in [4.78, 5) is 7.00. The lowest BCUT2D eigenvalue weighted by molar-refractivity contribution is 0.141. The summed E-state index contributed by atoms with van der Waals surface area (Å²) < 4.78 is 6.09. The molecule has 1 saturated carbocycles. The maximum atomic E-state index is 6.09. The molecule has 2 aliphatic rings. The number of nitrogens with one attached hydrogen (secondary N) is 2. The highest BCUT2D eigenvalue weighted by Gasteiger charge is 2.23. The molecule has 0 radical (unpaired) electrons. The Hall–Kier alpha value is -1.75. The normalized spacial score (nSPS) is 21.0. The zero-order valence-corrected chi connectivity index (χ0v) is 18.1. The molecule has 0 aromatic heterocycles. The molecule has 5 heteroatoms. The smallest absolute Gasteiger partial charge is 0.191 e. The fourth-order valence-corrected chi connectivity index (χ4v) is 3.81. The van der Waals surface area contributed by atoms with Crippen LogP contribution in [0, 0.1) is 18.8 Å². The number of ether oxygens (including phenoxy) is 1. The van der Waals surface area contributed by atoms with Crippen molar-refractivity contribution in [1.82, 2.24) is 15.5 Å². The Morgan fingerprint density at radius 2 is 2.04 bits per heavy atom. The third-order valence-electron chi connectivity index (χ3n) is 5.90. The number of hydrogen-bond acceptors (Lipinski definition) is 3. The van der Waals surface area contributed by atoms with E-state index in [1.54, 1.807) is 0 Å². The first-order valence-electron chi connectivity index (χ1n) is 11.0. The van der Waals surface area contributed by atoms with Gasteiger partial charge in [-0.15, -0.1) is 0 Å². The molecule has 0 amide bonds. The number of likely N-dealkylation sites (tertiary alicyclic amines) is 1. The van der Waals surface area contributed by atoms with Crippen LogP contribution in [0.1, 0.15) is 50.7 Å². The predicted octanol–water partition coefficient (Wildman–Crippen LogP) is 3.57. The van der Waals surface area contributed by atoms with Crippen molar-refractivity contribution < 1.29 is 4.74 Å². The molecule has 2 N–H and O–H groups in total. The first kappa shape index (κ1) is 21.0. The summed E-state index contributed by atoms with van der Waals surface area (Å²) in [6.07, 6.45) is 5.21. The fraction of sp³-hybridized carbons (Fsp3) is 0.696. The van der Waals surface area contributed by atoms with Gasteiger partial charge in [-0.1, -0.05) is 12.1 Å². The van der Waals surface area contributed by atoms with Gasteiger partial charge in [0.25, 0.3) is 0 Å². The van der Waals surface area contributed by atoms with Crippen LogP contribution in [0.4, 0.5) is 0 Å². The molecule has 156 valence electrons. The van der Waals surface area contributed by atoms with Gasteiger partial charge in [-0.3, -0.25) is 4.99 Å². The van der Waals surface area contributed by atoms with Crippen LogP contribution in [0.25, 0.3) is 0 Å². The lowest BCUT2D eigenvalue weighted by Gasteiger charge is -2.35. The molecule has 1 aromatic carbocycles. The highest BCUT2D eigenvalue weighted by Crippen LogP contribution is 2.30. The second-order valence-electron chi connectivity index (χ2n) is 8.77.